The fourth-order valence-electron chi connectivity index (χ4n) is 3.29. The third-order valence-corrected chi connectivity index (χ3v) is 5.45. The van der Waals surface area contributed by atoms with Crippen LogP contribution in [0.2, 0.25) is 0 Å². The maximum Gasteiger partial charge on any atom is 0.255 e. The molecule has 0 saturated heterocycles. The number of pyridine rings is 1. The molecule has 2 aromatic carbocycles. The Morgan fingerprint density at radius 2 is 1.73 bits per heavy atom. The molecule has 4 aromatic rings. The molecule has 0 bridgehead atoms. The quantitative estimate of drug-likeness (QED) is 0.382. The number of anilines is 2. The number of benzene rings is 2. The lowest BCUT2D eigenvalue weighted by Crippen LogP contribution is -2.11. The summed E-state index contributed by atoms with van der Waals surface area (Å²) in [6.45, 7) is 1.89. The predicted molar refractivity (Wildman–Crippen MR) is 131 cm³/mol. The van der Waals surface area contributed by atoms with Gasteiger partial charge in [-0.25, -0.2) is 9.97 Å². The number of carbonyl (C=O) groups is 1. The minimum absolute atomic E-state index is 0.0747. The number of hydrogen-bond acceptors (Lipinski definition) is 7. The summed E-state index contributed by atoms with van der Waals surface area (Å²) < 4.78 is 0. The van der Waals surface area contributed by atoms with Crippen molar-refractivity contribution >= 4 is 30.0 Å². The van der Waals surface area contributed by atoms with Crippen molar-refractivity contribution in [2.24, 2.45) is 0 Å². The highest BCUT2D eigenvalue weighted by Gasteiger charge is 2.20. The minimum Gasteiger partial charge on any atom is -0.382 e. The largest absolute Gasteiger partial charge is 0.382 e. The summed E-state index contributed by atoms with van der Waals surface area (Å²) in [5.74, 6) is 0.216. The number of nitrogen functional groups attached to an aromatic ring is 1. The van der Waals surface area contributed by atoms with Crippen molar-refractivity contribution in [1.82, 2.24) is 15.0 Å². The molecule has 0 radical (unpaired) electrons. The molecule has 2 aromatic heterocycles. The van der Waals surface area contributed by atoms with Gasteiger partial charge < -0.3 is 11.1 Å². The van der Waals surface area contributed by atoms with E-state index in [1.807, 2.05) is 31.2 Å². The number of nitriles is 1. The molecular formula is C25H20N6OS. The van der Waals surface area contributed by atoms with Crippen molar-refractivity contribution in [2.75, 3.05) is 11.1 Å². The Labute approximate surface area is 196 Å². The molecule has 0 fully saturated rings. The highest BCUT2D eigenvalue weighted by molar-refractivity contribution is 7.80. The minimum atomic E-state index is -0.511. The van der Waals surface area contributed by atoms with Crippen molar-refractivity contribution in [3.63, 3.8) is 0 Å². The summed E-state index contributed by atoms with van der Waals surface area (Å²) in [5.41, 5.74) is 10.0. The van der Waals surface area contributed by atoms with E-state index in [2.05, 4.69) is 39.0 Å². The molecule has 4 rings (SSSR count). The number of nitrogens with one attached hydrogen (secondary N) is 1. The van der Waals surface area contributed by atoms with Crippen molar-refractivity contribution in [3.05, 3.63) is 101 Å². The number of nitrogens with two attached hydrogens (primary N) is 1. The number of hydrogen-bond donors (Lipinski definition) is 3. The van der Waals surface area contributed by atoms with Crippen LogP contribution in [0.25, 0.3) is 11.3 Å². The Balaban J connectivity index is 1.65. The van der Waals surface area contributed by atoms with Gasteiger partial charge in [0.1, 0.15) is 28.5 Å². The van der Waals surface area contributed by atoms with Crippen LogP contribution in [0.4, 0.5) is 11.5 Å². The molecule has 0 aliphatic carbocycles. The second kappa shape index (κ2) is 9.51. The fourth-order valence-corrected chi connectivity index (χ4v) is 3.55. The summed E-state index contributed by atoms with van der Waals surface area (Å²) in [7, 11) is 0. The van der Waals surface area contributed by atoms with Crippen molar-refractivity contribution in [2.45, 2.75) is 12.2 Å². The summed E-state index contributed by atoms with van der Waals surface area (Å²) in [6.07, 6.45) is 0. The molecule has 1 unspecified atom stereocenters. The van der Waals surface area contributed by atoms with Gasteiger partial charge >= 0.3 is 0 Å². The Bertz CT molecular complexity index is 1350. The molecule has 3 N–H and O–H groups in total. The van der Waals surface area contributed by atoms with Gasteiger partial charge in [-0.05, 0) is 43.3 Å². The van der Waals surface area contributed by atoms with Gasteiger partial charge in [-0.1, -0.05) is 36.4 Å². The van der Waals surface area contributed by atoms with E-state index in [4.69, 9.17) is 5.73 Å². The molecule has 7 nitrogen and oxygen atoms in total. The lowest BCUT2D eigenvalue weighted by Gasteiger charge is -2.14. The first-order valence-corrected chi connectivity index (χ1v) is 10.6. The zero-order valence-electron chi connectivity index (χ0n) is 17.7. The maximum absolute atomic E-state index is 12.4. The third kappa shape index (κ3) is 4.84. The first-order valence-electron chi connectivity index (χ1n) is 10.1. The lowest BCUT2D eigenvalue weighted by atomic mass is 10.1. The first-order chi connectivity index (χ1) is 16.0. The van der Waals surface area contributed by atoms with E-state index in [1.54, 1.807) is 48.5 Å². The summed E-state index contributed by atoms with van der Waals surface area (Å²) in [5, 5.41) is 12.0. The monoisotopic (exact) mass is 452 g/mol. The SMILES string of the molecule is Cc1cccc(C(S)c2nc(N)c(C#N)c(-c3ccc(NC(=O)c4ccccc4)cc3)n2)n1. The van der Waals surface area contributed by atoms with Crippen LogP contribution in [-0.4, -0.2) is 20.9 Å². The number of nitrogens with zero attached hydrogens (tertiary/aromatic N) is 4. The van der Waals surface area contributed by atoms with Crippen molar-refractivity contribution in [3.8, 4) is 17.3 Å². The molecule has 33 heavy (non-hydrogen) atoms. The molecule has 0 aliphatic rings. The van der Waals surface area contributed by atoms with Crippen LogP contribution < -0.4 is 11.1 Å². The molecule has 0 spiro atoms. The Morgan fingerprint density at radius 1 is 1.00 bits per heavy atom. The molecule has 162 valence electrons. The van der Waals surface area contributed by atoms with E-state index in [-0.39, 0.29) is 17.3 Å². The zero-order valence-corrected chi connectivity index (χ0v) is 18.6. The predicted octanol–water partition coefficient (Wildman–Crippen LogP) is 4.57. The van der Waals surface area contributed by atoms with Crippen LogP contribution in [0.15, 0.2) is 72.8 Å². The second-order valence-corrected chi connectivity index (χ2v) is 7.82. The first kappa shape index (κ1) is 22.0. The maximum atomic E-state index is 12.4. The lowest BCUT2D eigenvalue weighted by molar-refractivity contribution is 0.102. The van der Waals surface area contributed by atoms with Crippen LogP contribution in [-0.2, 0) is 0 Å². The molecular weight excluding hydrogens is 432 g/mol. The number of rotatable bonds is 5. The van der Waals surface area contributed by atoms with E-state index >= 15 is 0 Å². The van der Waals surface area contributed by atoms with Gasteiger partial charge in [0.25, 0.3) is 5.91 Å². The van der Waals surface area contributed by atoms with Crippen LogP contribution in [0.5, 0.6) is 0 Å². The molecule has 1 amide bonds. The van der Waals surface area contributed by atoms with Crippen LogP contribution in [0.1, 0.15) is 38.4 Å². The van der Waals surface area contributed by atoms with Crippen LogP contribution in [0.3, 0.4) is 0 Å². The molecule has 0 saturated carbocycles. The Morgan fingerprint density at radius 3 is 2.39 bits per heavy atom. The number of carbonyl (C=O) groups excluding carboxylic acids is 1. The van der Waals surface area contributed by atoms with E-state index in [0.29, 0.717) is 34.0 Å². The standard InChI is InChI=1S/C25H20N6OS/c1-15-6-5-9-20(28-15)22(33)24-30-21(19(14-26)23(27)31-24)16-10-12-18(13-11-16)29-25(32)17-7-3-2-4-8-17/h2-13,22,33H,1H3,(H,29,32)(H2,27,30,31). The zero-order chi connectivity index (χ0) is 23.4. The van der Waals surface area contributed by atoms with E-state index < -0.39 is 5.25 Å². The molecule has 0 aliphatic heterocycles. The highest BCUT2D eigenvalue weighted by Crippen LogP contribution is 2.31. The third-order valence-electron chi connectivity index (χ3n) is 4.95. The van der Waals surface area contributed by atoms with Gasteiger partial charge in [-0.15, -0.1) is 0 Å². The van der Waals surface area contributed by atoms with Gasteiger partial charge in [0.05, 0.1) is 11.4 Å². The van der Waals surface area contributed by atoms with E-state index in [0.717, 1.165) is 5.69 Å². The fraction of sp³-hybridized carbons (Fsp3) is 0.0800. The number of aryl methyl sites for hydroxylation is 1. The highest BCUT2D eigenvalue weighted by atomic mass is 32.1. The van der Waals surface area contributed by atoms with E-state index in [1.165, 1.54) is 0 Å². The average Bonchev–Trinajstić information content (AvgIpc) is 2.84. The normalized spacial score (nSPS) is 11.4. The molecule has 2 heterocycles. The van der Waals surface area contributed by atoms with Crippen molar-refractivity contribution in [1.29, 1.82) is 5.26 Å². The van der Waals surface area contributed by atoms with Gasteiger partial charge in [0, 0.05) is 22.5 Å². The average molecular weight is 453 g/mol. The topological polar surface area (TPSA) is 118 Å². The second-order valence-electron chi connectivity index (χ2n) is 7.31. The molecule has 1 atom stereocenters. The smallest absolute Gasteiger partial charge is 0.255 e. The molecule has 8 heteroatoms. The van der Waals surface area contributed by atoms with Crippen LogP contribution >= 0.6 is 12.6 Å². The summed E-state index contributed by atoms with van der Waals surface area (Å²) in [4.78, 5) is 25.8. The van der Waals surface area contributed by atoms with Gasteiger partial charge in [0.2, 0.25) is 0 Å². The summed E-state index contributed by atoms with van der Waals surface area (Å²) in [6, 6.07) is 23.7. The van der Waals surface area contributed by atoms with Gasteiger partial charge in [0.15, 0.2) is 0 Å². The Kier molecular flexibility index (Phi) is 6.33. The number of amides is 1. The summed E-state index contributed by atoms with van der Waals surface area (Å²) >= 11 is 4.64. The number of aromatic nitrogens is 3. The van der Waals surface area contributed by atoms with Gasteiger partial charge in [-0.3, -0.25) is 9.78 Å². The Hall–Kier alpha value is -4.22. The van der Waals surface area contributed by atoms with E-state index in [9.17, 15) is 10.1 Å². The number of thiol groups is 1. The van der Waals surface area contributed by atoms with Crippen LogP contribution in [0, 0.1) is 18.3 Å². The van der Waals surface area contributed by atoms with Crippen molar-refractivity contribution < 1.29 is 4.79 Å². The van der Waals surface area contributed by atoms with Gasteiger partial charge in [-0.2, -0.15) is 17.9 Å².